The molecule has 23 heavy (non-hydrogen) atoms. The quantitative estimate of drug-likeness (QED) is 0.782. The molecule has 2 rings (SSSR count). The number of nitrogens with two attached hydrogens (primary N) is 1. The van der Waals surface area contributed by atoms with Gasteiger partial charge in [-0.2, -0.15) is 0 Å². The Balaban J connectivity index is 2.36. The lowest BCUT2D eigenvalue weighted by Crippen LogP contribution is -2.21. The fourth-order valence-corrected chi connectivity index (χ4v) is 2.15. The Morgan fingerprint density at radius 3 is 2.52 bits per heavy atom. The molecule has 7 heteroatoms. The number of aryl methyl sites for hydroxylation is 1. The van der Waals surface area contributed by atoms with Crippen molar-refractivity contribution in [1.29, 1.82) is 0 Å². The zero-order valence-corrected chi connectivity index (χ0v) is 13.4. The summed E-state index contributed by atoms with van der Waals surface area (Å²) in [6.07, 6.45) is 0. The van der Waals surface area contributed by atoms with Crippen molar-refractivity contribution >= 4 is 11.9 Å². The van der Waals surface area contributed by atoms with Crippen LogP contribution in [0.2, 0.25) is 0 Å². The smallest absolute Gasteiger partial charge is 0.255 e. The number of nitrogen functional groups attached to an aromatic ring is 1. The molecule has 0 radical (unpaired) electrons. The minimum atomic E-state index is -0.252. The molecule has 0 fully saturated rings. The summed E-state index contributed by atoms with van der Waals surface area (Å²) in [4.78, 5) is 20.4. The highest BCUT2D eigenvalue weighted by atomic mass is 16.5. The lowest BCUT2D eigenvalue weighted by atomic mass is 10.0. The fourth-order valence-electron chi connectivity index (χ4n) is 2.15. The summed E-state index contributed by atoms with van der Waals surface area (Å²) < 4.78 is 10.5. The highest BCUT2D eigenvalue weighted by Gasteiger charge is 2.18. The summed E-state index contributed by atoms with van der Waals surface area (Å²) in [5.41, 5.74) is 7.93. The number of rotatable bonds is 6. The topological polar surface area (TPSA) is 99.4 Å². The number of benzene rings is 1. The van der Waals surface area contributed by atoms with E-state index in [2.05, 4.69) is 15.3 Å². The maximum atomic E-state index is 12.1. The van der Waals surface area contributed by atoms with Crippen molar-refractivity contribution < 1.29 is 14.3 Å². The van der Waals surface area contributed by atoms with Gasteiger partial charge in [0.1, 0.15) is 12.4 Å². The largest absolute Gasteiger partial charge is 0.491 e. The number of hydrogen-bond donors (Lipinski definition) is 2. The average molecular weight is 316 g/mol. The molecule has 1 aromatic carbocycles. The van der Waals surface area contributed by atoms with Crippen LogP contribution in [0.15, 0.2) is 24.3 Å². The summed E-state index contributed by atoms with van der Waals surface area (Å²) in [6.45, 7) is 2.72. The lowest BCUT2D eigenvalue weighted by molar-refractivity contribution is 0.0962. The van der Waals surface area contributed by atoms with Crippen LogP contribution in [0.3, 0.4) is 0 Å². The number of nitrogens with zero attached hydrogens (tertiary/aromatic N) is 2. The van der Waals surface area contributed by atoms with Crippen molar-refractivity contribution in [2.75, 3.05) is 33.1 Å². The zero-order chi connectivity index (χ0) is 16.8. The van der Waals surface area contributed by atoms with Crippen LogP contribution < -0.4 is 15.8 Å². The Morgan fingerprint density at radius 1 is 1.22 bits per heavy atom. The van der Waals surface area contributed by atoms with Gasteiger partial charge in [0, 0.05) is 19.7 Å². The third-order valence-corrected chi connectivity index (χ3v) is 3.25. The van der Waals surface area contributed by atoms with Gasteiger partial charge in [0.05, 0.1) is 23.6 Å². The predicted molar refractivity (Wildman–Crippen MR) is 87.4 cm³/mol. The first-order valence-corrected chi connectivity index (χ1v) is 7.15. The Morgan fingerprint density at radius 2 is 1.91 bits per heavy atom. The Bertz CT molecular complexity index is 686. The van der Waals surface area contributed by atoms with Crippen LogP contribution in [0.25, 0.3) is 11.3 Å². The van der Waals surface area contributed by atoms with E-state index in [9.17, 15) is 4.79 Å². The van der Waals surface area contributed by atoms with Crippen molar-refractivity contribution in [3.8, 4) is 17.0 Å². The van der Waals surface area contributed by atoms with Crippen LogP contribution in [0, 0.1) is 6.92 Å². The van der Waals surface area contributed by atoms with E-state index in [4.69, 9.17) is 15.2 Å². The van der Waals surface area contributed by atoms with Crippen LogP contribution >= 0.6 is 0 Å². The Labute approximate surface area is 134 Å². The Kier molecular flexibility index (Phi) is 5.48. The number of hydrogen-bond acceptors (Lipinski definition) is 6. The first-order chi connectivity index (χ1) is 11.1. The Hall–Kier alpha value is -2.67. The molecule has 0 aliphatic rings. The van der Waals surface area contributed by atoms with Gasteiger partial charge in [-0.25, -0.2) is 9.97 Å². The number of carbonyl (C=O) groups is 1. The van der Waals surface area contributed by atoms with Crippen molar-refractivity contribution in [3.05, 3.63) is 35.5 Å². The summed E-state index contributed by atoms with van der Waals surface area (Å²) in [5, 5.41) is 2.60. The predicted octanol–water partition coefficient (Wildman–Crippen LogP) is 1.42. The molecule has 1 heterocycles. The highest BCUT2D eigenvalue weighted by molar-refractivity contribution is 6.00. The van der Waals surface area contributed by atoms with Crippen molar-refractivity contribution in [1.82, 2.24) is 15.3 Å². The molecule has 0 aliphatic heterocycles. The molecule has 3 N–H and O–H groups in total. The van der Waals surface area contributed by atoms with Crippen LogP contribution in [-0.4, -0.2) is 43.2 Å². The van der Waals surface area contributed by atoms with Gasteiger partial charge < -0.3 is 20.5 Å². The first kappa shape index (κ1) is 16.7. The van der Waals surface area contributed by atoms with Crippen LogP contribution in [0.4, 0.5) is 5.95 Å². The third-order valence-electron chi connectivity index (χ3n) is 3.25. The summed E-state index contributed by atoms with van der Waals surface area (Å²) >= 11 is 0. The molecule has 0 spiro atoms. The molecule has 0 atom stereocenters. The second kappa shape index (κ2) is 7.55. The molecule has 1 aromatic heterocycles. The number of methoxy groups -OCH3 is 1. The third kappa shape index (κ3) is 3.95. The minimum absolute atomic E-state index is 0.130. The standard InChI is InChI=1S/C16H20N4O3/c1-10-13(15(21)18-2)14(20-16(17)19-10)11-4-6-12(7-5-11)23-9-8-22-3/h4-7H,8-9H2,1-3H3,(H,18,21)(H2,17,19,20). The number of nitrogens with one attached hydrogen (secondary N) is 1. The SMILES string of the molecule is CNC(=O)c1c(C)nc(N)nc1-c1ccc(OCCOC)cc1. The molecule has 0 aliphatic carbocycles. The van der Waals surface area contributed by atoms with Crippen LogP contribution in [-0.2, 0) is 4.74 Å². The molecule has 0 bridgehead atoms. The van der Waals surface area contributed by atoms with E-state index >= 15 is 0 Å². The van der Waals surface area contributed by atoms with E-state index in [-0.39, 0.29) is 11.9 Å². The van der Waals surface area contributed by atoms with E-state index in [0.29, 0.717) is 35.9 Å². The van der Waals surface area contributed by atoms with Crippen LogP contribution in [0.1, 0.15) is 16.1 Å². The second-order valence-electron chi connectivity index (χ2n) is 4.84. The number of aromatic nitrogens is 2. The maximum Gasteiger partial charge on any atom is 0.255 e. The van der Waals surface area contributed by atoms with Gasteiger partial charge in [-0.3, -0.25) is 4.79 Å². The molecule has 1 amide bonds. The number of anilines is 1. The van der Waals surface area contributed by atoms with E-state index in [1.807, 2.05) is 24.3 Å². The maximum absolute atomic E-state index is 12.1. The molecular formula is C16H20N4O3. The second-order valence-corrected chi connectivity index (χ2v) is 4.84. The van der Waals surface area contributed by atoms with Crippen molar-refractivity contribution in [2.24, 2.45) is 0 Å². The van der Waals surface area contributed by atoms with E-state index < -0.39 is 0 Å². The summed E-state index contributed by atoms with van der Waals surface area (Å²) in [7, 11) is 3.18. The average Bonchev–Trinajstić information content (AvgIpc) is 2.54. The van der Waals surface area contributed by atoms with E-state index in [0.717, 1.165) is 5.56 Å². The lowest BCUT2D eigenvalue weighted by Gasteiger charge is -2.12. The van der Waals surface area contributed by atoms with E-state index in [1.165, 1.54) is 0 Å². The molecule has 0 saturated heterocycles. The van der Waals surface area contributed by atoms with Gasteiger partial charge in [-0.1, -0.05) is 0 Å². The van der Waals surface area contributed by atoms with Crippen LogP contribution in [0.5, 0.6) is 5.75 Å². The number of ether oxygens (including phenoxy) is 2. The van der Waals surface area contributed by atoms with Gasteiger partial charge in [-0.15, -0.1) is 0 Å². The summed E-state index contributed by atoms with van der Waals surface area (Å²) in [6, 6.07) is 7.28. The molecule has 2 aromatic rings. The summed E-state index contributed by atoms with van der Waals surface area (Å²) in [5.74, 6) is 0.592. The van der Waals surface area contributed by atoms with Gasteiger partial charge in [0.15, 0.2) is 0 Å². The first-order valence-electron chi connectivity index (χ1n) is 7.15. The van der Waals surface area contributed by atoms with Crippen molar-refractivity contribution in [3.63, 3.8) is 0 Å². The number of amides is 1. The highest BCUT2D eigenvalue weighted by Crippen LogP contribution is 2.26. The monoisotopic (exact) mass is 316 g/mol. The van der Waals surface area contributed by atoms with Gasteiger partial charge >= 0.3 is 0 Å². The zero-order valence-electron chi connectivity index (χ0n) is 13.4. The van der Waals surface area contributed by atoms with Gasteiger partial charge in [0.2, 0.25) is 5.95 Å². The molecule has 122 valence electrons. The van der Waals surface area contributed by atoms with Gasteiger partial charge in [-0.05, 0) is 31.2 Å². The normalized spacial score (nSPS) is 10.4. The molecule has 0 saturated carbocycles. The minimum Gasteiger partial charge on any atom is -0.491 e. The number of carbonyl (C=O) groups excluding carboxylic acids is 1. The van der Waals surface area contributed by atoms with Gasteiger partial charge in [0.25, 0.3) is 5.91 Å². The van der Waals surface area contributed by atoms with Crippen molar-refractivity contribution in [2.45, 2.75) is 6.92 Å². The molecular weight excluding hydrogens is 296 g/mol. The fraction of sp³-hybridized carbons (Fsp3) is 0.312. The molecule has 7 nitrogen and oxygen atoms in total. The molecule has 0 unspecified atom stereocenters. The van der Waals surface area contributed by atoms with E-state index in [1.54, 1.807) is 21.1 Å².